The molecular formula is C9H8N2O3. The van der Waals surface area contributed by atoms with Gasteiger partial charge in [-0.2, -0.15) is 0 Å². The Hall–Kier alpha value is -2.04. The average molecular weight is 192 g/mol. The van der Waals surface area contributed by atoms with Gasteiger partial charge in [0.05, 0.1) is 29.1 Å². The second kappa shape index (κ2) is 3.02. The predicted octanol–water partition coefficient (Wildman–Crippen LogP) is 2.08. The molecule has 0 unspecified atom stereocenters. The molecule has 0 aliphatic carbocycles. The molecule has 0 aliphatic heterocycles. The van der Waals surface area contributed by atoms with E-state index in [1.54, 1.807) is 18.2 Å². The van der Waals surface area contributed by atoms with Crippen molar-refractivity contribution in [1.82, 2.24) is 4.98 Å². The Morgan fingerprint density at radius 2 is 2.29 bits per heavy atom. The van der Waals surface area contributed by atoms with Crippen molar-refractivity contribution in [2.45, 2.75) is 0 Å². The van der Waals surface area contributed by atoms with Crippen LogP contribution in [0.2, 0.25) is 0 Å². The first-order valence-electron chi connectivity index (χ1n) is 4.02. The number of aromatic amines is 1. The summed E-state index contributed by atoms with van der Waals surface area (Å²) in [6, 6.07) is 5.15. The van der Waals surface area contributed by atoms with E-state index in [1.807, 2.05) is 0 Å². The van der Waals surface area contributed by atoms with Crippen LogP contribution in [-0.4, -0.2) is 17.0 Å². The van der Waals surface area contributed by atoms with Crippen LogP contribution in [0.3, 0.4) is 0 Å². The quantitative estimate of drug-likeness (QED) is 0.585. The molecule has 2 aromatic rings. The number of hydrogen-bond acceptors (Lipinski definition) is 3. The number of fused-ring (bicyclic) bond motifs is 1. The molecule has 0 saturated carbocycles. The van der Waals surface area contributed by atoms with E-state index in [4.69, 9.17) is 4.74 Å². The number of hydrogen-bond donors (Lipinski definition) is 1. The largest absolute Gasteiger partial charge is 0.497 e. The Bertz CT molecular complexity index is 490. The van der Waals surface area contributed by atoms with Gasteiger partial charge in [-0.25, -0.2) is 0 Å². The first-order valence-corrected chi connectivity index (χ1v) is 4.02. The zero-order valence-electron chi connectivity index (χ0n) is 7.48. The van der Waals surface area contributed by atoms with Crippen molar-refractivity contribution < 1.29 is 9.66 Å². The normalized spacial score (nSPS) is 10.4. The van der Waals surface area contributed by atoms with Gasteiger partial charge in [-0.15, -0.1) is 0 Å². The molecule has 1 aromatic heterocycles. The van der Waals surface area contributed by atoms with Crippen LogP contribution in [0.5, 0.6) is 5.75 Å². The molecule has 0 bridgehead atoms. The number of methoxy groups -OCH3 is 1. The zero-order valence-corrected chi connectivity index (χ0v) is 7.48. The smallest absolute Gasteiger partial charge is 0.294 e. The fourth-order valence-electron chi connectivity index (χ4n) is 1.36. The Balaban J connectivity index is 2.69. The van der Waals surface area contributed by atoms with Crippen molar-refractivity contribution in [2.75, 3.05) is 7.11 Å². The van der Waals surface area contributed by atoms with Crippen LogP contribution in [0.4, 0.5) is 5.69 Å². The van der Waals surface area contributed by atoms with Gasteiger partial charge in [0.25, 0.3) is 5.69 Å². The Morgan fingerprint density at radius 1 is 1.50 bits per heavy atom. The molecule has 72 valence electrons. The molecule has 1 heterocycles. The highest BCUT2D eigenvalue weighted by atomic mass is 16.6. The maximum absolute atomic E-state index is 10.6. The van der Waals surface area contributed by atoms with Gasteiger partial charge in [0.2, 0.25) is 0 Å². The highest BCUT2D eigenvalue weighted by Gasteiger charge is 2.13. The number of ether oxygens (including phenoxy) is 1. The van der Waals surface area contributed by atoms with E-state index < -0.39 is 4.92 Å². The first-order chi connectivity index (χ1) is 6.72. The fourth-order valence-corrected chi connectivity index (χ4v) is 1.36. The topological polar surface area (TPSA) is 68.2 Å². The lowest BCUT2D eigenvalue weighted by atomic mass is 10.2. The molecule has 0 saturated heterocycles. The van der Waals surface area contributed by atoms with Gasteiger partial charge >= 0.3 is 0 Å². The molecular weight excluding hydrogens is 184 g/mol. The van der Waals surface area contributed by atoms with E-state index >= 15 is 0 Å². The summed E-state index contributed by atoms with van der Waals surface area (Å²) >= 11 is 0. The molecule has 0 radical (unpaired) electrons. The first kappa shape index (κ1) is 8.55. The van der Waals surface area contributed by atoms with E-state index in [0.29, 0.717) is 11.1 Å². The van der Waals surface area contributed by atoms with Crippen molar-refractivity contribution >= 4 is 16.6 Å². The number of nitrogens with one attached hydrogen (secondary N) is 1. The SMILES string of the molecule is COc1ccc2[nH]cc([N+](=O)[O-])c2c1. The molecule has 0 spiro atoms. The van der Waals surface area contributed by atoms with Crippen LogP contribution in [0, 0.1) is 10.1 Å². The Labute approximate surface area is 79.5 Å². The summed E-state index contributed by atoms with van der Waals surface area (Å²) in [4.78, 5) is 13.0. The summed E-state index contributed by atoms with van der Waals surface area (Å²) in [6.45, 7) is 0. The second-order valence-electron chi connectivity index (χ2n) is 2.84. The molecule has 5 nitrogen and oxygen atoms in total. The molecule has 5 heteroatoms. The minimum Gasteiger partial charge on any atom is -0.497 e. The van der Waals surface area contributed by atoms with Crippen LogP contribution >= 0.6 is 0 Å². The molecule has 1 aromatic carbocycles. The van der Waals surface area contributed by atoms with Crippen molar-refractivity contribution in [3.05, 3.63) is 34.5 Å². The van der Waals surface area contributed by atoms with Gasteiger partial charge in [0.15, 0.2) is 0 Å². The van der Waals surface area contributed by atoms with Gasteiger partial charge in [-0.3, -0.25) is 10.1 Å². The Morgan fingerprint density at radius 3 is 2.93 bits per heavy atom. The second-order valence-corrected chi connectivity index (χ2v) is 2.84. The number of H-pyrrole nitrogens is 1. The molecule has 2 rings (SSSR count). The van der Waals surface area contributed by atoms with Crippen molar-refractivity contribution in [3.63, 3.8) is 0 Å². The molecule has 0 fully saturated rings. The van der Waals surface area contributed by atoms with Crippen LogP contribution < -0.4 is 4.74 Å². The van der Waals surface area contributed by atoms with E-state index in [-0.39, 0.29) is 5.69 Å². The van der Waals surface area contributed by atoms with Gasteiger partial charge in [0.1, 0.15) is 5.75 Å². The summed E-state index contributed by atoms with van der Waals surface area (Å²) in [5.41, 5.74) is 0.802. The summed E-state index contributed by atoms with van der Waals surface area (Å²) < 4.78 is 4.99. The van der Waals surface area contributed by atoms with Crippen molar-refractivity contribution in [2.24, 2.45) is 0 Å². The third kappa shape index (κ3) is 1.19. The monoisotopic (exact) mass is 192 g/mol. The van der Waals surface area contributed by atoms with Crippen LogP contribution in [0.15, 0.2) is 24.4 Å². The van der Waals surface area contributed by atoms with Crippen molar-refractivity contribution in [3.8, 4) is 5.75 Å². The number of nitro groups is 1. The average Bonchev–Trinajstić information content (AvgIpc) is 2.59. The third-order valence-corrected chi connectivity index (χ3v) is 2.06. The van der Waals surface area contributed by atoms with Gasteiger partial charge in [-0.05, 0) is 18.2 Å². The minimum atomic E-state index is -0.418. The van der Waals surface area contributed by atoms with Crippen LogP contribution in [0.1, 0.15) is 0 Å². The number of nitrogens with zero attached hydrogens (tertiary/aromatic N) is 1. The Kier molecular flexibility index (Phi) is 1.85. The number of aromatic nitrogens is 1. The summed E-state index contributed by atoms with van der Waals surface area (Å²) in [6.07, 6.45) is 1.38. The molecule has 0 aliphatic rings. The lowest BCUT2D eigenvalue weighted by Gasteiger charge is -1.97. The summed E-state index contributed by atoms with van der Waals surface area (Å²) in [5, 5.41) is 11.2. The predicted molar refractivity (Wildman–Crippen MR) is 51.5 cm³/mol. The maximum atomic E-state index is 10.6. The van der Waals surface area contributed by atoms with E-state index in [1.165, 1.54) is 13.3 Å². The van der Waals surface area contributed by atoms with Gasteiger partial charge in [0, 0.05) is 0 Å². The number of benzene rings is 1. The standard InChI is InChI=1S/C9H8N2O3/c1-14-6-2-3-8-7(4-6)9(5-10-8)11(12)13/h2-5,10H,1H3. The minimum absolute atomic E-state index is 0.0684. The van der Waals surface area contributed by atoms with Gasteiger partial charge in [-0.1, -0.05) is 0 Å². The molecule has 0 atom stereocenters. The number of rotatable bonds is 2. The molecule has 0 amide bonds. The van der Waals surface area contributed by atoms with Gasteiger partial charge < -0.3 is 9.72 Å². The van der Waals surface area contributed by atoms with E-state index in [2.05, 4.69) is 4.98 Å². The third-order valence-electron chi connectivity index (χ3n) is 2.06. The summed E-state index contributed by atoms with van der Waals surface area (Å²) in [7, 11) is 1.53. The zero-order chi connectivity index (χ0) is 10.1. The van der Waals surface area contributed by atoms with Crippen molar-refractivity contribution in [1.29, 1.82) is 0 Å². The lowest BCUT2D eigenvalue weighted by molar-refractivity contribution is -0.383. The highest BCUT2D eigenvalue weighted by Crippen LogP contribution is 2.28. The van der Waals surface area contributed by atoms with E-state index in [9.17, 15) is 10.1 Å². The van der Waals surface area contributed by atoms with Crippen LogP contribution in [-0.2, 0) is 0 Å². The molecule has 14 heavy (non-hydrogen) atoms. The summed E-state index contributed by atoms with van der Waals surface area (Å²) in [5.74, 6) is 0.611. The maximum Gasteiger partial charge on any atom is 0.294 e. The highest BCUT2D eigenvalue weighted by molar-refractivity contribution is 5.89. The lowest BCUT2D eigenvalue weighted by Crippen LogP contribution is -1.86. The van der Waals surface area contributed by atoms with Crippen LogP contribution in [0.25, 0.3) is 10.9 Å². The van der Waals surface area contributed by atoms with E-state index in [0.717, 1.165) is 5.52 Å². The fraction of sp³-hybridized carbons (Fsp3) is 0.111. The molecule has 1 N–H and O–H groups in total.